The van der Waals surface area contributed by atoms with Crippen LogP contribution in [-0.4, -0.2) is 63.4 Å². The lowest BCUT2D eigenvalue weighted by atomic mass is 10.0. The van der Waals surface area contributed by atoms with E-state index in [0.29, 0.717) is 52.6 Å². The highest BCUT2D eigenvalue weighted by atomic mass is 32.1. The van der Waals surface area contributed by atoms with Crippen molar-refractivity contribution >= 4 is 33.2 Å². The Morgan fingerprint density at radius 2 is 2.23 bits per heavy atom. The molecule has 1 aliphatic heterocycles. The number of nitriles is 1. The molecule has 2 N–H and O–H groups in total. The molecule has 184 valence electrons. The zero-order valence-electron chi connectivity index (χ0n) is 20.4. The van der Waals surface area contributed by atoms with Crippen LogP contribution in [0.3, 0.4) is 0 Å². The van der Waals surface area contributed by atoms with Gasteiger partial charge in [0.15, 0.2) is 5.82 Å². The number of nitrogens with zero attached hydrogens (tertiary/aromatic N) is 5. The summed E-state index contributed by atoms with van der Waals surface area (Å²) in [5.41, 5.74) is 2.71. The summed E-state index contributed by atoms with van der Waals surface area (Å²) in [6, 6.07) is 5.86. The first-order chi connectivity index (χ1) is 16.9. The van der Waals surface area contributed by atoms with E-state index in [1.54, 1.807) is 19.3 Å². The van der Waals surface area contributed by atoms with Crippen molar-refractivity contribution in [1.29, 1.82) is 5.26 Å². The second kappa shape index (κ2) is 10.5. The minimum Gasteiger partial charge on any atom is -0.363 e. The number of piperazine rings is 1. The van der Waals surface area contributed by atoms with Gasteiger partial charge < -0.3 is 15.2 Å². The van der Waals surface area contributed by atoms with Crippen LogP contribution < -0.4 is 5.32 Å². The number of hydrogen-bond donors (Lipinski definition) is 2. The first-order valence-corrected chi connectivity index (χ1v) is 12.6. The number of amides is 1. The number of benzene rings is 1. The number of hydrogen-bond acceptors (Lipinski definition) is 7. The first-order valence-electron chi connectivity index (χ1n) is 11.8. The van der Waals surface area contributed by atoms with Gasteiger partial charge in [0.05, 0.1) is 39.1 Å². The topological polar surface area (TPSA) is 101 Å². The predicted octanol–water partition coefficient (Wildman–Crippen LogP) is 3.78. The number of aromatic amines is 1. The van der Waals surface area contributed by atoms with Crippen LogP contribution in [0.15, 0.2) is 24.4 Å². The average molecular weight is 496 g/mol. The molecule has 1 saturated heterocycles. The Balaban J connectivity index is 1.59. The lowest BCUT2D eigenvalue weighted by molar-refractivity contribution is -0.116. The highest BCUT2D eigenvalue weighted by Gasteiger charge is 2.32. The van der Waals surface area contributed by atoms with E-state index in [0.717, 1.165) is 11.4 Å². The van der Waals surface area contributed by atoms with E-state index in [-0.39, 0.29) is 30.2 Å². The fraction of sp³-hybridized carbons (Fsp3) is 0.440. The number of likely N-dealkylation sites (N-methyl/N-ethyl adjacent to an activating group) is 1. The Bertz CT molecular complexity index is 1290. The normalized spacial score (nSPS) is 18.0. The molecule has 2 aromatic heterocycles. The van der Waals surface area contributed by atoms with Gasteiger partial charge >= 0.3 is 0 Å². The molecule has 1 amide bonds. The van der Waals surface area contributed by atoms with Gasteiger partial charge in [-0.3, -0.25) is 9.69 Å². The Labute approximate surface area is 208 Å². The third kappa shape index (κ3) is 5.06. The predicted molar refractivity (Wildman–Crippen MR) is 135 cm³/mol. The highest BCUT2D eigenvalue weighted by Crippen LogP contribution is 2.34. The van der Waals surface area contributed by atoms with Crippen molar-refractivity contribution in [3.05, 3.63) is 52.3 Å². The molecule has 0 saturated carbocycles. The highest BCUT2D eigenvalue weighted by molar-refractivity contribution is 7.18. The number of nitrogens with one attached hydrogen (secondary N) is 2. The minimum absolute atomic E-state index is 0.101. The van der Waals surface area contributed by atoms with Gasteiger partial charge in [-0.25, -0.2) is 14.4 Å². The van der Waals surface area contributed by atoms with E-state index in [1.807, 2.05) is 26.0 Å². The standard InChI is InChI=1S/C25H30FN7OS/c1-5-18-14-32(15(2)19-6-7-20-24(23(19)26)35-16(3)30-20)10-11-33(18)21(12-22(34)28-4)25-29-13-17(31-25)8-9-27/h6-7,12-13,15,18H,5,8,10-11,14H2,1-4H3,(H,28,34)(H,29,31)/b21-12+. The SMILES string of the molecule is CCC1CN(C(C)c2ccc3nc(C)sc3c2F)CCN1/C(=C/C(=O)NC)c1nc(CC#N)c[nH]1. The molecule has 4 rings (SSSR count). The first kappa shape index (κ1) is 24.8. The summed E-state index contributed by atoms with van der Waals surface area (Å²) in [7, 11) is 1.59. The zero-order chi connectivity index (χ0) is 25.1. The number of aromatic nitrogens is 3. The van der Waals surface area contributed by atoms with Crippen LogP contribution in [0.5, 0.6) is 0 Å². The molecule has 10 heteroatoms. The van der Waals surface area contributed by atoms with E-state index in [9.17, 15) is 4.79 Å². The van der Waals surface area contributed by atoms with Crippen molar-refractivity contribution in [1.82, 2.24) is 30.1 Å². The van der Waals surface area contributed by atoms with Gasteiger partial charge in [-0.05, 0) is 26.3 Å². The van der Waals surface area contributed by atoms with Crippen molar-refractivity contribution in [3.8, 4) is 6.07 Å². The summed E-state index contributed by atoms with van der Waals surface area (Å²) in [6.07, 6.45) is 4.29. The van der Waals surface area contributed by atoms with Gasteiger partial charge in [0, 0.05) is 56.6 Å². The molecule has 3 aromatic rings. The molecule has 2 unspecified atom stereocenters. The number of thiazole rings is 1. The lowest BCUT2D eigenvalue weighted by Gasteiger charge is -2.45. The van der Waals surface area contributed by atoms with E-state index in [4.69, 9.17) is 5.26 Å². The van der Waals surface area contributed by atoms with Gasteiger partial charge in [-0.15, -0.1) is 11.3 Å². The Kier molecular flexibility index (Phi) is 7.48. The molecule has 8 nitrogen and oxygen atoms in total. The number of H-pyrrole nitrogens is 1. The number of aryl methyl sites for hydroxylation is 1. The van der Waals surface area contributed by atoms with Crippen LogP contribution in [0.1, 0.15) is 48.4 Å². The lowest BCUT2D eigenvalue weighted by Crippen LogP contribution is -2.52. The second-order valence-electron chi connectivity index (χ2n) is 8.70. The molecule has 3 heterocycles. The molecule has 0 aliphatic carbocycles. The smallest absolute Gasteiger partial charge is 0.245 e. The number of imidazole rings is 1. The maximum Gasteiger partial charge on any atom is 0.245 e. The quantitative estimate of drug-likeness (QED) is 0.484. The molecule has 1 fully saturated rings. The molecule has 2 atom stereocenters. The number of fused-ring (bicyclic) bond motifs is 1. The summed E-state index contributed by atoms with van der Waals surface area (Å²) in [5, 5.41) is 12.5. The van der Waals surface area contributed by atoms with Crippen LogP contribution in [0.4, 0.5) is 4.39 Å². The van der Waals surface area contributed by atoms with Gasteiger partial charge in [0.25, 0.3) is 0 Å². The van der Waals surface area contributed by atoms with Crippen LogP contribution in [-0.2, 0) is 11.2 Å². The van der Waals surface area contributed by atoms with E-state index in [1.165, 1.54) is 11.3 Å². The molecule has 1 aromatic carbocycles. The van der Waals surface area contributed by atoms with Crippen LogP contribution in [0.25, 0.3) is 15.9 Å². The number of carbonyl (C=O) groups excluding carboxylic acids is 1. The van der Waals surface area contributed by atoms with Crippen molar-refractivity contribution in [3.63, 3.8) is 0 Å². The molecule has 0 bridgehead atoms. The third-order valence-electron chi connectivity index (χ3n) is 6.57. The molecular weight excluding hydrogens is 465 g/mol. The summed E-state index contributed by atoms with van der Waals surface area (Å²) in [4.78, 5) is 28.9. The summed E-state index contributed by atoms with van der Waals surface area (Å²) < 4.78 is 16.0. The number of rotatable bonds is 7. The minimum atomic E-state index is -0.223. The van der Waals surface area contributed by atoms with Crippen LogP contribution in [0, 0.1) is 24.1 Å². The second-order valence-corrected chi connectivity index (χ2v) is 9.90. The van der Waals surface area contributed by atoms with E-state index < -0.39 is 0 Å². The molecular formula is C25H30FN7OS. The summed E-state index contributed by atoms with van der Waals surface area (Å²) >= 11 is 1.39. The van der Waals surface area contributed by atoms with Gasteiger partial charge in [-0.2, -0.15) is 5.26 Å². The van der Waals surface area contributed by atoms with Gasteiger partial charge in [0.2, 0.25) is 5.91 Å². The van der Waals surface area contributed by atoms with E-state index in [2.05, 4.69) is 43.1 Å². The largest absolute Gasteiger partial charge is 0.363 e. The molecule has 1 aliphatic rings. The Hall–Kier alpha value is -3.29. The molecule has 0 radical (unpaired) electrons. The van der Waals surface area contributed by atoms with E-state index >= 15 is 4.39 Å². The summed E-state index contributed by atoms with van der Waals surface area (Å²) in [6.45, 7) is 8.12. The van der Waals surface area contributed by atoms with Gasteiger partial charge in [0.1, 0.15) is 5.82 Å². The number of carbonyl (C=O) groups is 1. The van der Waals surface area contributed by atoms with Crippen molar-refractivity contribution in [2.24, 2.45) is 0 Å². The maximum atomic E-state index is 15.4. The fourth-order valence-corrected chi connectivity index (χ4v) is 5.51. The van der Waals surface area contributed by atoms with Gasteiger partial charge in [-0.1, -0.05) is 13.0 Å². The van der Waals surface area contributed by atoms with Crippen LogP contribution in [0.2, 0.25) is 0 Å². The van der Waals surface area contributed by atoms with Crippen molar-refractivity contribution in [2.75, 3.05) is 26.7 Å². The number of halogens is 1. The fourth-order valence-electron chi connectivity index (χ4n) is 4.65. The Morgan fingerprint density at radius 3 is 2.94 bits per heavy atom. The monoisotopic (exact) mass is 495 g/mol. The van der Waals surface area contributed by atoms with Crippen molar-refractivity contribution < 1.29 is 9.18 Å². The summed E-state index contributed by atoms with van der Waals surface area (Å²) in [5.74, 6) is 0.159. The Morgan fingerprint density at radius 1 is 1.43 bits per heavy atom. The maximum absolute atomic E-state index is 15.4. The third-order valence-corrected chi connectivity index (χ3v) is 7.55. The molecule has 35 heavy (non-hydrogen) atoms. The average Bonchev–Trinajstić information content (AvgIpc) is 3.48. The zero-order valence-corrected chi connectivity index (χ0v) is 21.2. The molecule has 0 spiro atoms. The van der Waals surface area contributed by atoms with Crippen molar-refractivity contribution in [2.45, 2.75) is 45.7 Å². The van der Waals surface area contributed by atoms with Crippen LogP contribution >= 0.6 is 11.3 Å².